The summed E-state index contributed by atoms with van der Waals surface area (Å²) in [5.74, 6) is 0.480. The number of amides is 2. The highest BCUT2D eigenvalue weighted by Crippen LogP contribution is 2.23. The number of carbonyl (C=O) groups is 2. The van der Waals surface area contributed by atoms with Crippen molar-refractivity contribution in [1.82, 2.24) is 15.2 Å². The van der Waals surface area contributed by atoms with Crippen LogP contribution in [-0.4, -0.2) is 62.2 Å². The molecule has 9 heteroatoms. The molecule has 2 rings (SSSR count). The standard InChI is InChI=1S/C20H28N4O4S/c1-4-10-21-18(25)9-11-24(12-13-27-2)19(26)17-14-29-20(23-17)22-15-5-7-16(28-3)8-6-15/h5-8,14H,4,9-13H2,1-3H3,(H,21,25)(H,22,23). The molecule has 0 aliphatic carbocycles. The van der Waals surface area contributed by atoms with Crippen LogP contribution in [0.4, 0.5) is 10.8 Å². The van der Waals surface area contributed by atoms with Gasteiger partial charge >= 0.3 is 0 Å². The molecule has 8 nitrogen and oxygen atoms in total. The molecular formula is C20H28N4O4S. The maximum absolute atomic E-state index is 12.9. The number of nitrogens with zero attached hydrogens (tertiary/aromatic N) is 2. The molecule has 2 N–H and O–H groups in total. The van der Waals surface area contributed by atoms with Gasteiger partial charge in [0.1, 0.15) is 11.4 Å². The van der Waals surface area contributed by atoms with Gasteiger partial charge in [0.2, 0.25) is 5.91 Å². The monoisotopic (exact) mass is 420 g/mol. The summed E-state index contributed by atoms with van der Waals surface area (Å²) in [6.45, 7) is 3.74. The Balaban J connectivity index is 1.99. The molecule has 2 amide bonds. The normalized spacial score (nSPS) is 10.4. The summed E-state index contributed by atoms with van der Waals surface area (Å²) in [4.78, 5) is 30.7. The van der Waals surface area contributed by atoms with Gasteiger partial charge in [0.25, 0.3) is 5.91 Å². The first-order valence-corrected chi connectivity index (χ1v) is 10.4. The van der Waals surface area contributed by atoms with Crippen LogP contribution in [0, 0.1) is 0 Å². The van der Waals surface area contributed by atoms with Crippen molar-refractivity contribution in [2.75, 3.05) is 45.8 Å². The van der Waals surface area contributed by atoms with E-state index in [0.29, 0.717) is 37.1 Å². The number of carbonyl (C=O) groups excluding carboxylic acids is 2. The molecule has 0 aliphatic heterocycles. The van der Waals surface area contributed by atoms with Gasteiger partial charge in [0.15, 0.2) is 5.13 Å². The van der Waals surface area contributed by atoms with E-state index in [9.17, 15) is 9.59 Å². The molecule has 0 saturated heterocycles. The molecule has 2 aromatic rings. The van der Waals surface area contributed by atoms with E-state index in [2.05, 4.69) is 15.6 Å². The average Bonchev–Trinajstić information content (AvgIpc) is 3.21. The quantitative estimate of drug-likeness (QED) is 0.548. The summed E-state index contributed by atoms with van der Waals surface area (Å²) in [7, 11) is 3.19. The average molecular weight is 421 g/mol. The topological polar surface area (TPSA) is 92.8 Å². The lowest BCUT2D eigenvalue weighted by atomic mass is 10.3. The Morgan fingerprint density at radius 1 is 1.17 bits per heavy atom. The second-order valence-corrected chi connectivity index (χ2v) is 7.13. The summed E-state index contributed by atoms with van der Waals surface area (Å²) < 4.78 is 10.2. The van der Waals surface area contributed by atoms with Gasteiger partial charge in [-0.3, -0.25) is 9.59 Å². The van der Waals surface area contributed by atoms with Crippen molar-refractivity contribution in [1.29, 1.82) is 0 Å². The van der Waals surface area contributed by atoms with Gasteiger partial charge in [-0.2, -0.15) is 0 Å². The minimum atomic E-state index is -0.218. The van der Waals surface area contributed by atoms with Crippen LogP contribution in [0.15, 0.2) is 29.6 Å². The first kappa shape index (κ1) is 22.6. The molecule has 0 unspecified atom stereocenters. The summed E-state index contributed by atoms with van der Waals surface area (Å²) in [6.07, 6.45) is 1.12. The molecule has 158 valence electrons. The summed E-state index contributed by atoms with van der Waals surface area (Å²) >= 11 is 1.35. The largest absolute Gasteiger partial charge is 0.497 e. The number of hydrogen-bond acceptors (Lipinski definition) is 7. The second-order valence-electron chi connectivity index (χ2n) is 6.28. The van der Waals surface area contributed by atoms with E-state index in [4.69, 9.17) is 9.47 Å². The van der Waals surface area contributed by atoms with Crippen LogP contribution in [0.3, 0.4) is 0 Å². The van der Waals surface area contributed by atoms with Crippen molar-refractivity contribution in [3.8, 4) is 5.75 Å². The zero-order chi connectivity index (χ0) is 21.1. The van der Waals surface area contributed by atoms with E-state index < -0.39 is 0 Å². The summed E-state index contributed by atoms with van der Waals surface area (Å²) in [5.41, 5.74) is 1.19. The third kappa shape index (κ3) is 7.35. The molecule has 0 fully saturated rings. The van der Waals surface area contributed by atoms with Crippen molar-refractivity contribution < 1.29 is 19.1 Å². The second kappa shape index (κ2) is 12.0. The molecule has 0 atom stereocenters. The Bertz CT molecular complexity index is 779. The lowest BCUT2D eigenvalue weighted by molar-refractivity contribution is -0.121. The Labute approximate surface area is 175 Å². The van der Waals surface area contributed by atoms with Crippen molar-refractivity contribution in [3.05, 3.63) is 35.3 Å². The van der Waals surface area contributed by atoms with Gasteiger partial charge in [-0.15, -0.1) is 11.3 Å². The van der Waals surface area contributed by atoms with Crippen molar-refractivity contribution in [2.45, 2.75) is 19.8 Å². The van der Waals surface area contributed by atoms with E-state index in [-0.39, 0.29) is 18.2 Å². The molecule has 0 bridgehead atoms. The predicted molar refractivity (Wildman–Crippen MR) is 114 cm³/mol. The van der Waals surface area contributed by atoms with Gasteiger partial charge < -0.3 is 25.0 Å². The summed E-state index contributed by atoms with van der Waals surface area (Å²) in [5, 5.41) is 8.33. The van der Waals surface area contributed by atoms with Crippen LogP contribution in [0.1, 0.15) is 30.3 Å². The molecule has 0 spiro atoms. The van der Waals surface area contributed by atoms with Gasteiger partial charge in [-0.25, -0.2) is 4.98 Å². The van der Waals surface area contributed by atoms with E-state index in [1.807, 2.05) is 31.2 Å². The number of anilines is 2. The smallest absolute Gasteiger partial charge is 0.273 e. The molecule has 0 aliphatic rings. The van der Waals surface area contributed by atoms with E-state index in [0.717, 1.165) is 17.9 Å². The van der Waals surface area contributed by atoms with Crippen molar-refractivity contribution in [3.63, 3.8) is 0 Å². The van der Waals surface area contributed by atoms with Gasteiger partial charge in [-0.1, -0.05) is 6.92 Å². The number of thiazole rings is 1. The maximum Gasteiger partial charge on any atom is 0.273 e. The third-order valence-corrected chi connectivity index (χ3v) is 4.86. The fraction of sp³-hybridized carbons (Fsp3) is 0.450. The maximum atomic E-state index is 12.9. The molecule has 1 aromatic carbocycles. The lowest BCUT2D eigenvalue weighted by Crippen LogP contribution is -2.37. The van der Waals surface area contributed by atoms with Crippen LogP contribution in [0.2, 0.25) is 0 Å². The number of aromatic nitrogens is 1. The van der Waals surface area contributed by atoms with E-state index in [1.165, 1.54) is 11.3 Å². The fourth-order valence-electron chi connectivity index (χ4n) is 2.49. The Morgan fingerprint density at radius 2 is 1.93 bits per heavy atom. The van der Waals surface area contributed by atoms with Crippen LogP contribution in [-0.2, 0) is 9.53 Å². The SMILES string of the molecule is CCCNC(=O)CCN(CCOC)C(=O)c1csc(Nc2ccc(OC)cc2)n1. The van der Waals surface area contributed by atoms with E-state index >= 15 is 0 Å². The Kier molecular flexibility index (Phi) is 9.39. The highest BCUT2D eigenvalue weighted by atomic mass is 32.1. The van der Waals surface area contributed by atoms with Gasteiger partial charge in [0.05, 0.1) is 13.7 Å². The Morgan fingerprint density at radius 3 is 2.59 bits per heavy atom. The molecule has 0 saturated carbocycles. The number of hydrogen-bond donors (Lipinski definition) is 2. The van der Waals surface area contributed by atoms with Gasteiger partial charge in [-0.05, 0) is 30.7 Å². The highest BCUT2D eigenvalue weighted by Gasteiger charge is 2.19. The first-order valence-electron chi connectivity index (χ1n) is 9.48. The van der Waals surface area contributed by atoms with E-state index in [1.54, 1.807) is 24.5 Å². The minimum Gasteiger partial charge on any atom is -0.497 e. The van der Waals surface area contributed by atoms with Gasteiger partial charge in [0, 0.05) is 44.2 Å². The molecular weight excluding hydrogens is 392 g/mol. The Hall–Kier alpha value is -2.65. The first-order chi connectivity index (χ1) is 14.1. The number of benzene rings is 1. The minimum absolute atomic E-state index is 0.0674. The third-order valence-electron chi connectivity index (χ3n) is 4.10. The van der Waals surface area contributed by atoms with Crippen LogP contribution in [0.5, 0.6) is 5.75 Å². The van der Waals surface area contributed by atoms with Crippen LogP contribution in [0.25, 0.3) is 0 Å². The zero-order valence-corrected chi connectivity index (χ0v) is 17.9. The zero-order valence-electron chi connectivity index (χ0n) is 17.1. The van der Waals surface area contributed by atoms with Crippen LogP contribution < -0.4 is 15.4 Å². The fourth-order valence-corrected chi connectivity index (χ4v) is 3.20. The molecule has 0 radical (unpaired) electrons. The highest BCUT2D eigenvalue weighted by molar-refractivity contribution is 7.14. The number of rotatable bonds is 12. The van der Waals surface area contributed by atoms with Crippen molar-refractivity contribution >= 4 is 34.0 Å². The molecule has 29 heavy (non-hydrogen) atoms. The number of ether oxygens (including phenoxy) is 2. The van der Waals surface area contributed by atoms with Crippen LogP contribution >= 0.6 is 11.3 Å². The number of methoxy groups -OCH3 is 2. The lowest BCUT2D eigenvalue weighted by Gasteiger charge is -2.21. The molecule has 1 heterocycles. The number of nitrogens with one attached hydrogen (secondary N) is 2. The molecule has 1 aromatic heterocycles. The van der Waals surface area contributed by atoms with Crippen molar-refractivity contribution in [2.24, 2.45) is 0 Å². The summed E-state index contributed by atoms with van der Waals surface area (Å²) in [6, 6.07) is 7.44. The predicted octanol–water partition coefficient (Wildman–Crippen LogP) is 2.90.